The maximum atomic E-state index is 3.73. The van der Waals surface area contributed by atoms with E-state index in [0.29, 0.717) is 0 Å². The van der Waals surface area contributed by atoms with Gasteiger partial charge >= 0.3 is 0 Å². The highest BCUT2D eigenvalue weighted by molar-refractivity contribution is 4.89. The van der Waals surface area contributed by atoms with Gasteiger partial charge in [-0.15, -0.1) is 6.58 Å². The number of allylic oxidation sites excluding steroid dienone is 3. The second-order valence-corrected chi connectivity index (χ2v) is 2.60. The van der Waals surface area contributed by atoms with E-state index >= 15 is 0 Å². The van der Waals surface area contributed by atoms with Gasteiger partial charge in [-0.2, -0.15) is 0 Å². The highest BCUT2D eigenvalue weighted by Gasteiger charge is 1.98. The van der Waals surface area contributed by atoms with Gasteiger partial charge in [-0.1, -0.05) is 31.6 Å². The average Bonchev–Trinajstić information content (AvgIpc) is 1.90. The molecule has 0 amide bonds. The molecule has 0 spiro atoms. The fraction of sp³-hybridized carbons (Fsp3) is 0.600. The maximum Gasteiger partial charge on any atom is -0.0199 e. The molecule has 0 aromatic heterocycles. The van der Waals surface area contributed by atoms with Crippen LogP contribution in [0.5, 0.6) is 0 Å². The van der Waals surface area contributed by atoms with Crippen molar-refractivity contribution in [3.05, 3.63) is 24.8 Å². The monoisotopic (exact) mass is 138 g/mol. The SMILES string of the molecule is C=CCC(C=CC)CCC. The van der Waals surface area contributed by atoms with Crippen molar-refractivity contribution >= 4 is 0 Å². The lowest BCUT2D eigenvalue weighted by Crippen LogP contribution is -1.92. The molecule has 0 aromatic carbocycles. The third-order valence-electron chi connectivity index (χ3n) is 1.59. The van der Waals surface area contributed by atoms with Crippen LogP contribution in [-0.4, -0.2) is 0 Å². The van der Waals surface area contributed by atoms with E-state index in [1.807, 2.05) is 6.08 Å². The summed E-state index contributed by atoms with van der Waals surface area (Å²) in [5.41, 5.74) is 0. The third kappa shape index (κ3) is 4.37. The Labute approximate surface area is 64.6 Å². The summed E-state index contributed by atoms with van der Waals surface area (Å²) in [4.78, 5) is 0. The molecule has 0 rings (SSSR count). The van der Waals surface area contributed by atoms with Gasteiger partial charge in [-0.3, -0.25) is 0 Å². The molecular formula is C10H18. The minimum atomic E-state index is 0.729. The van der Waals surface area contributed by atoms with Crippen LogP contribution in [0.15, 0.2) is 24.8 Å². The van der Waals surface area contributed by atoms with Crippen LogP contribution in [0.4, 0.5) is 0 Å². The molecule has 0 radical (unpaired) electrons. The summed E-state index contributed by atoms with van der Waals surface area (Å²) >= 11 is 0. The van der Waals surface area contributed by atoms with Crippen molar-refractivity contribution in [2.75, 3.05) is 0 Å². The smallest absolute Gasteiger partial charge is 0.0199 e. The summed E-state index contributed by atoms with van der Waals surface area (Å²) in [6, 6.07) is 0. The average molecular weight is 138 g/mol. The minimum absolute atomic E-state index is 0.729. The van der Waals surface area contributed by atoms with Gasteiger partial charge in [0, 0.05) is 0 Å². The zero-order valence-electron chi connectivity index (χ0n) is 7.14. The predicted octanol–water partition coefficient (Wildman–Crippen LogP) is 3.55. The highest BCUT2D eigenvalue weighted by Crippen LogP contribution is 2.12. The molecule has 0 heterocycles. The molecule has 0 aliphatic rings. The Hall–Kier alpha value is -0.520. The van der Waals surface area contributed by atoms with Crippen molar-refractivity contribution in [2.24, 2.45) is 5.92 Å². The summed E-state index contributed by atoms with van der Waals surface area (Å²) in [5, 5.41) is 0. The standard InChI is InChI=1S/C10H18/c1-4-7-10(8-5-2)9-6-3/h4-5,8,10H,1,6-7,9H2,2-3H3. The van der Waals surface area contributed by atoms with E-state index in [1.54, 1.807) is 0 Å². The lowest BCUT2D eigenvalue weighted by molar-refractivity contribution is 0.588. The minimum Gasteiger partial charge on any atom is -0.103 e. The molecule has 0 aliphatic carbocycles. The molecule has 1 atom stereocenters. The van der Waals surface area contributed by atoms with Gasteiger partial charge in [0.2, 0.25) is 0 Å². The molecule has 58 valence electrons. The van der Waals surface area contributed by atoms with Crippen molar-refractivity contribution in [1.82, 2.24) is 0 Å². The van der Waals surface area contributed by atoms with Crippen LogP contribution in [0.25, 0.3) is 0 Å². The van der Waals surface area contributed by atoms with Crippen molar-refractivity contribution in [1.29, 1.82) is 0 Å². The second kappa shape index (κ2) is 6.60. The number of hydrogen-bond acceptors (Lipinski definition) is 0. The van der Waals surface area contributed by atoms with Crippen molar-refractivity contribution < 1.29 is 0 Å². The summed E-state index contributed by atoms with van der Waals surface area (Å²) in [6.45, 7) is 8.03. The second-order valence-electron chi connectivity index (χ2n) is 2.60. The van der Waals surface area contributed by atoms with E-state index in [0.717, 1.165) is 12.3 Å². The molecular weight excluding hydrogens is 120 g/mol. The van der Waals surface area contributed by atoms with Gasteiger partial charge in [0.15, 0.2) is 0 Å². The maximum absolute atomic E-state index is 3.73. The molecule has 0 fully saturated rings. The molecule has 0 saturated heterocycles. The molecule has 0 nitrogen and oxygen atoms in total. The van der Waals surface area contributed by atoms with Crippen LogP contribution in [0.2, 0.25) is 0 Å². The van der Waals surface area contributed by atoms with E-state index in [-0.39, 0.29) is 0 Å². The van der Waals surface area contributed by atoms with E-state index in [4.69, 9.17) is 0 Å². The fourth-order valence-corrected chi connectivity index (χ4v) is 1.15. The quantitative estimate of drug-likeness (QED) is 0.510. The molecule has 0 aromatic rings. The number of hydrogen-bond donors (Lipinski definition) is 0. The van der Waals surface area contributed by atoms with Gasteiger partial charge < -0.3 is 0 Å². The van der Waals surface area contributed by atoms with Gasteiger partial charge in [0.1, 0.15) is 0 Å². The Kier molecular flexibility index (Phi) is 6.25. The van der Waals surface area contributed by atoms with Gasteiger partial charge in [0.25, 0.3) is 0 Å². The molecule has 1 unspecified atom stereocenters. The van der Waals surface area contributed by atoms with Crippen LogP contribution >= 0.6 is 0 Å². The van der Waals surface area contributed by atoms with Crippen LogP contribution in [0, 0.1) is 5.92 Å². The Bertz CT molecular complexity index is 101. The van der Waals surface area contributed by atoms with E-state index in [2.05, 4.69) is 32.6 Å². The van der Waals surface area contributed by atoms with E-state index in [9.17, 15) is 0 Å². The largest absolute Gasteiger partial charge is 0.103 e. The Morgan fingerprint density at radius 3 is 2.60 bits per heavy atom. The van der Waals surface area contributed by atoms with Crippen LogP contribution in [0.3, 0.4) is 0 Å². The zero-order valence-corrected chi connectivity index (χ0v) is 7.14. The first-order chi connectivity index (χ1) is 4.85. The topological polar surface area (TPSA) is 0 Å². The molecule has 0 heteroatoms. The molecule has 10 heavy (non-hydrogen) atoms. The first-order valence-electron chi connectivity index (χ1n) is 4.08. The Balaban J connectivity index is 3.60. The predicted molar refractivity (Wildman–Crippen MR) is 48.0 cm³/mol. The first kappa shape index (κ1) is 9.48. The molecule has 0 bridgehead atoms. The summed E-state index contributed by atoms with van der Waals surface area (Å²) < 4.78 is 0. The van der Waals surface area contributed by atoms with Gasteiger partial charge in [-0.05, 0) is 25.7 Å². The Morgan fingerprint density at radius 2 is 2.20 bits per heavy atom. The van der Waals surface area contributed by atoms with Crippen molar-refractivity contribution in [2.45, 2.75) is 33.1 Å². The lowest BCUT2D eigenvalue weighted by atomic mass is 10.00. The van der Waals surface area contributed by atoms with Crippen molar-refractivity contribution in [3.8, 4) is 0 Å². The van der Waals surface area contributed by atoms with Crippen LogP contribution in [0.1, 0.15) is 33.1 Å². The first-order valence-corrected chi connectivity index (χ1v) is 4.08. The third-order valence-corrected chi connectivity index (χ3v) is 1.59. The Morgan fingerprint density at radius 1 is 1.50 bits per heavy atom. The highest BCUT2D eigenvalue weighted by atomic mass is 14.0. The molecule has 0 aliphatic heterocycles. The van der Waals surface area contributed by atoms with Crippen LogP contribution in [-0.2, 0) is 0 Å². The van der Waals surface area contributed by atoms with Gasteiger partial charge in [-0.25, -0.2) is 0 Å². The summed E-state index contributed by atoms with van der Waals surface area (Å²) in [7, 11) is 0. The zero-order chi connectivity index (χ0) is 7.82. The normalized spacial score (nSPS) is 13.8. The lowest BCUT2D eigenvalue weighted by Gasteiger charge is -2.06. The summed E-state index contributed by atoms with van der Waals surface area (Å²) in [5.74, 6) is 0.729. The van der Waals surface area contributed by atoms with E-state index < -0.39 is 0 Å². The summed E-state index contributed by atoms with van der Waals surface area (Å²) in [6.07, 6.45) is 10.1. The van der Waals surface area contributed by atoms with Crippen molar-refractivity contribution in [3.63, 3.8) is 0 Å². The van der Waals surface area contributed by atoms with E-state index in [1.165, 1.54) is 12.8 Å². The molecule has 0 saturated carbocycles. The fourth-order valence-electron chi connectivity index (χ4n) is 1.15. The van der Waals surface area contributed by atoms with Crippen LogP contribution < -0.4 is 0 Å². The molecule has 0 N–H and O–H groups in total. The number of rotatable bonds is 5. The van der Waals surface area contributed by atoms with Gasteiger partial charge in [0.05, 0.1) is 0 Å².